The van der Waals surface area contributed by atoms with Gasteiger partial charge in [-0.3, -0.25) is 0 Å². The summed E-state index contributed by atoms with van der Waals surface area (Å²) in [5.41, 5.74) is 0.246. The summed E-state index contributed by atoms with van der Waals surface area (Å²) in [6, 6.07) is 0. The minimum atomic E-state index is -1.06. The van der Waals surface area contributed by atoms with E-state index < -0.39 is 6.10 Å². The van der Waals surface area contributed by atoms with Crippen LogP contribution in [-0.2, 0) is 0 Å². The molecular formula is C9H6Cl3NO. The fraction of sp³-hybridized carbons (Fsp3) is 0.222. The van der Waals surface area contributed by atoms with E-state index in [1.807, 2.05) is 0 Å². The van der Waals surface area contributed by atoms with E-state index in [2.05, 4.69) is 16.8 Å². The Morgan fingerprint density at radius 2 is 2.07 bits per heavy atom. The molecule has 0 fully saturated rings. The van der Waals surface area contributed by atoms with Gasteiger partial charge in [-0.1, -0.05) is 40.7 Å². The topological polar surface area (TPSA) is 33.1 Å². The van der Waals surface area contributed by atoms with Crippen LogP contribution < -0.4 is 0 Å². The quantitative estimate of drug-likeness (QED) is 0.614. The van der Waals surface area contributed by atoms with E-state index >= 15 is 0 Å². The van der Waals surface area contributed by atoms with Crippen LogP contribution in [0.2, 0.25) is 15.2 Å². The highest BCUT2D eigenvalue weighted by Crippen LogP contribution is 2.33. The van der Waals surface area contributed by atoms with Gasteiger partial charge in [-0.15, -0.1) is 5.92 Å². The van der Waals surface area contributed by atoms with Crippen molar-refractivity contribution in [2.75, 3.05) is 0 Å². The van der Waals surface area contributed by atoms with E-state index in [1.165, 1.54) is 6.20 Å². The van der Waals surface area contributed by atoms with Crippen molar-refractivity contribution in [3.05, 3.63) is 27.0 Å². The van der Waals surface area contributed by atoms with Crippen molar-refractivity contribution >= 4 is 34.8 Å². The minimum absolute atomic E-state index is 0.106. The standard InChI is InChI=1S/C9H6Cl3NO/c1-2-3-6(14)7-8(11)5(10)4-13-9(7)12/h4,6,14H,1H3. The zero-order valence-corrected chi connectivity index (χ0v) is 9.45. The molecule has 1 N–H and O–H groups in total. The first-order valence-electron chi connectivity index (χ1n) is 3.67. The smallest absolute Gasteiger partial charge is 0.144 e. The predicted molar refractivity (Wildman–Crippen MR) is 57.7 cm³/mol. The van der Waals surface area contributed by atoms with Crippen molar-refractivity contribution in [2.45, 2.75) is 13.0 Å². The summed E-state index contributed by atoms with van der Waals surface area (Å²) in [5, 5.41) is 10.1. The molecule has 74 valence electrons. The van der Waals surface area contributed by atoms with Crippen LogP contribution >= 0.6 is 34.8 Å². The molecule has 0 bridgehead atoms. The average molecular weight is 251 g/mol. The Bertz CT molecular complexity index is 408. The molecule has 1 unspecified atom stereocenters. The summed E-state index contributed by atoms with van der Waals surface area (Å²) in [6.07, 6.45) is 0.258. The maximum Gasteiger partial charge on any atom is 0.144 e. The third kappa shape index (κ3) is 2.31. The highest BCUT2D eigenvalue weighted by Gasteiger charge is 2.16. The van der Waals surface area contributed by atoms with Crippen molar-refractivity contribution < 1.29 is 5.11 Å². The van der Waals surface area contributed by atoms with Gasteiger partial charge in [-0.25, -0.2) is 4.98 Å². The van der Waals surface area contributed by atoms with Crippen molar-refractivity contribution in [1.82, 2.24) is 4.98 Å². The van der Waals surface area contributed by atoms with Crippen molar-refractivity contribution in [2.24, 2.45) is 0 Å². The van der Waals surface area contributed by atoms with E-state index in [1.54, 1.807) is 6.92 Å². The Morgan fingerprint density at radius 3 is 2.64 bits per heavy atom. The van der Waals surface area contributed by atoms with Gasteiger partial charge in [0.25, 0.3) is 0 Å². The Hall–Kier alpha value is -0.460. The summed E-state index contributed by atoms with van der Waals surface area (Å²) < 4.78 is 0. The summed E-state index contributed by atoms with van der Waals surface area (Å²) in [5.74, 6) is 5.06. The van der Waals surface area contributed by atoms with Gasteiger partial charge in [0, 0.05) is 6.20 Å². The molecule has 1 atom stereocenters. The van der Waals surface area contributed by atoms with Gasteiger partial charge in [0.2, 0.25) is 0 Å². The monoisotopic (exact) mass is 249 g/mol. The molecular weight excluding hydrogens is 244 g/mol. The number of hydrogen-bond donors (Lipinski definition) is 1. The second-order valence-electron chi connectivity index (χ2n) is 2.42. The average Bonchev–Trinajstić information content (AvgIpc) is 2.13. The molecule has 0 saturated heterocycles. The fourth-order valence-electron chi connectivity index (χ4n) is 0.901. The SMILES string of the molecule is CC#CC(O)c1c(Cl)ncc(Cl)c1Cl. The minimum Gasteiger partial charge on any atom is -0.376 e. The number of nitrogens with zero attached hydrogens (tertiary/aromatic N) is 1. The fourth-order valence-corrected chi connectivity index (χ4v) is 1.59. The molecule has 2 nitrogen and oxygen atoms in total. The summed E-state index contributed by atoms with van der Waals surface area (Å²) in [4.78, 5) is 3.76. The van der Waals surface area contributed by atoms with Crippen LogP contribution in [0.1, 0.15) is 18.6 Å². The lowest BCUT2D eigenvalue weighted by molar-refractivity contribution is 0.238. The largest absolute Gasteiger partial charge is 0.376 e. The highest BCUT2D eigenvalue weighted by molar-refractivity contribution is 6.43. The Balaban J connectivity index is 3.29. The third-order valence-corrected chi connectivity index (χ3v) is 2.61. The first-order chi connectivity index (χ1) is 6.57. The van der Waals surface area contributed by atoms with Gasteiger partial charge >= 0.3 is 0 Å². The number of aliphatic hydroxyl groups excluding tert-OH is 1. The molecule has 0 amide bonds. The number of rotatable bonds is 1. The zero-order chi connectivity index (χ0) is 10.7. The van der Waals surface area contributed by atoms with Crippen LogP contribution in [0.4, 0.5) is 0 Å². The second kappa shape index (κ2) is 4.86. The van der Waals surface area contributed by atoms with Gasteiger partial charge in [-0.2, -0.15) is 0 Å². The van der Waals surface area contributed by atoms with E-state index in [4.69, 9.17) is 34.8 Å². The summed E-state index contributed by atoms with van der Waals surface area (Å²) in [7, 11) is 0. The van der Waals surface area contributed by atoms with Crippen molar-refractivity contribution in [3.8, 4) is 11.8 Å². The molecule has 0 aliphatic carbocycles. The number of aromatic nitrogens is 1. The molecule has 0 spiro atoms. The molecule has 0 saturated carbocycles. The molecule has 1 rings (SSSR count). The Morgan fingerprint density at radius 1 is 1.43 bits per heavy atom. The normalized spacial score (nSPS) is 11.8. The Kier molecular flexibility index (Phi) is 4.03. The molecule has 1 aromatic rings. The highest BCUT2D eigenvalue weighted by atomic mass is 35.5. The first kappa shape index (κ1) is 11.6. The van der Waals surface area contributed by atoms with E-state index in [0.29, 0.717) is 0 Å². The van der Waals surface area contributed by atoms with E-state index in [-0.39, 0.29) is 20.8 Å². The molecule has 1 aromatic heterocycles. The summed E-state index contributed by atoms with van der Waals surface area (Å²) >= 11 is 17.3. The molecule has 1 heterocycles. The molecule has 14 heavy (non-hydrogen) atoms. The van der Waals surface area contributed by atoms with Gasteiger partial charge in [0.15, 0.2) is 0 Å². The van der Waals surface area contributed by atoms with Crippen LogP contribution in [0.25, 0.3) is 0 Å². The van der Waals surface area contributed by atoms with E-state index in [0.717, 1.165) is 0 Å². The van der Waals surface area contributed by atoms with E-state index in [9.17, 15) is 5.11 Å². The number of hydrogen-bond acceptors (Lipinski definition) is 2. The second-order valence-corrected chi connectivity index (χ2v) is 3.56. The van der Waals surface area contributed by atoms with Crippen LogP contribution in [0.5, 0.6) is 0 Å². The lowest BCUT2D eigenvalue weighted by atomic mass is 10.1. The molecule has 0 aliphatic heterocycles. The van der Waals surface area contributed by atoms with Crippen LogP contribution in [0, 0.1) is 11.8 Å². The van der Waals surface area contributed by atoms with Gasteiger partial charge in [-0.05, 0) is 6.92 Å². The van der Waals surface area contributed by atoms with Crippen molar-refractivity contribution in [3.63, 3.8) is 0 Å². The van der Waals surface area contributed by atoms with Crippen LogP contribution in [0.3, 0.4) is 0 Å². The van der Waals surface area contributed by atoms with Gasteiger partial charge in [0.05, 0.1) is 15.6 Å². The third-order valence-electron chi connectivity index (χ3n) is 1.51. The molecule has 0 aliphatic rings. The molecule has 5 heteroatoms. The van der Waals surface area contributed by atoms with Crippen molar-refractivity contribution in [1.29, 1.82) is 0 Å². The van der Waals surface area contributed by atoms with Gasteiger partial charge in [0.1, 0.15) is 11.3 Å². The maximum absolute atomic E-state index is 9.57. The lowest BCUT2D eigenvalue weighted by Gasteiger charge is -2.08. The van der Waals surface area contributed by atoms with Crippen LogP contribution in [-0.4, -0.2) is 10.1 Å². The number of halogens is 3. The number of pyridine rings is 1. The summed E-state index contributed by atoms with van der Waals surface area (Å²) in [6.45, 7) is 1.60. The molecule has 0 aromatic carbocycles. The Labute approximate surface area is 96.8 Å². The predicted octanol–water partition coefficient (Wildman–Crippen LogP) is 3.10. The molecule has 0 radical (unpaired) electrons. The van der Waals surface area contributed by atoms with Crippen LogP contribution in [0.15, 0.2) is 6.20 Å². The van der Waals surface area contributed by atoms with Gasteiger partial charge < -0.3 is 5.11 Å². The first-order valence-corrected chi connectivity index (χ1v) is 4.81. The zero-order valence-electron chi connectivity index (χ0n) is 7.18. The lowest BCUT2D eigenvalue weighted by Crippen LogP contribution is -1.98. The maximum atomic E-state index is 9.57. The number of aliphatic hydroxyl groups is 1.